The van der Waals surface area contributed by atoms with Gasteiger partial charge in [0.15, 0.2) is 0 Å². The maximum atomic E-state index is 12.8. The zero-order valence-electron chi connectivity index (χ0n) is 10.7. The quantitative estimate of drug-likeness (QED) is 0.802. The molecule has 5 heteroatoms. The summed E-state index contributed by atoms with van der Waals surface area (Å²) in [5.41, 5.74) is 8.51. The first-order valence-electron chi connectivity index (χ1n) is 6.14. The van der Waals surface area contributed by atoms with E-state index in [9.17, 15) is 4.39 Å². The summed E-state index contributed by atoms with van der Waals surface area (Å²) >= 11 is 8.39. The lowest BCUT2D eigenvalue weighted by Gasteiger charge is -2.09. The second-order valence-electron chi connectivity index (χ2n) is 4.36. The molecule has 0 amide bonds. The van der Waals surface area contributed by atoms with E-state index in [1.807, 2.05) is 18.2 Å². The molecular formula is C15H14BrFN2S. The van der Waals surface area contributed by atoms with Crippen LogP contribution in [0.3, 0.4) is 0 Å². The molecule has 0 saturated heterocycles. The summed E-state index contributed by atoms with van der Waals surface area (Å²) in [5, 5.41) is 3.31. The van der Waals surface area contributed by atoms with Crippen molar-refractivity contribution in [2.45, 2.75) is 6.42 Å². The smallest absolute Gasteiger partial charge is 0.123 e. The van der Waals surface area contributed by atoms with Crippen molar-refractivity contribution in [3.63, 3.8) is 0 Å². The predicted octanol–water partition coefficient (Wildman–Crippen LogP) is 3.88. The fourth-order valence-electron chi connectivity index (χ4n) is 1.83. The van der Waals surface area contributed by atoms with E-state index in [1.54, 1.807) is 12.1 Å². The van der Waals surface area contributed by atoms with E-state index in [-0.39, 0.29) is 5.82 Å². The van der Waals surface area contributed by atoms with E-state index in [1.165, 1.54) is 12.1 Å². The highest BCUT2D eigenvalue weighted by atomic mass is 79.9. The van der Waals surface area contributed by atoms with Gasteiger partial charge >= 0.3 is 0 Å². The average Bonchev–Trinajstić information content (AvgIpc) is 2.41. The molecule has 104 valence electrons. The van der Waals surface area contributed by atoms with E-state index in [0.29, 0.717) is 4.99 Å². The lowest BCUT2D eigenvalue weighted by molar-refractivity contribution is 0.627. The number of thiocarbonyl (C=S) groups is 1. The summed E-state index contributed by atoms with van der Waals surface area (Å²) in [5.74, 6) is -0.209. The van der Waals surface area contributed by atoms with Crippen molar-refractivity contribution in [1.82, 2.24) is 0 Å². The minimum Gasteiger partial charge on any atom is -0.389 e. The van der Waals surface area contributed by atoms with E-state index < -0.39 is 0 Å². The van der Waals surface area contributed by atoms with E-state index >= 15 is 0 Å². The van der Waals surface area contributed by atoms with Crippen LogP contribution >= 0.6 is 28.1 Å². The minimum absolute atomic E-state index is 0.209. The maximum absolute atomic E-state index is 12.8. The van der Waals surface area contributed by atoms with E-state index in [2.05, 4.69) is 21.2 Å². The van der Waals surface area contributed by atoms with Gasteiger partial charge in [-0.15, -0.1) is 0 Å². The van der Waals surface area contributed by atoms with Crippen LogP contribution < -0.4 is 11.1 Å². The molecule has 2 aromatic rings. The fraction of sp³-hybridized carbons (Fsp3) is 0.133. The molecule has 2 rings (SSSR count). The molecule has 0 aromatic heterocycles. The molecule has 0 atom stereocenters. The van der Waals surface area contributed by atoms with Crippen LogP contribution in [-0.4, -0.2) is 11.5 Å². The van der Waals surface area contributed by atoms with Crippen molar-refractivity contribution in [2.75, 3.05) is 11.9 Å². The molecule has 0 spiro atoms. The van der Waals surface area contributed by atoms with Crippen LogP contribution in [0.25, 0.3) is 0 Å². The highest BCUT2D eigenvalue weighted by Gasteiger charge is 2.03. The number of hydrogen-bond donors (Lipinski definition) is 2. The number of benzene rings is 2. The normalized spacial score (nSPS) is 10.3. The van der Waals surface area contributed by atoms with Gasteiger partial charge < -0.3 is 11.1 Å². The zero-order valence-corrected chi connectivity index (χ0v) is 13.1. The van der Waals surface area contributed by atoms with Crippen LogP contribution in [0, 0.1) is 5.82 Å². The Labute approximate surface area is 131 Å². The van der Waals surface area contributed by atoms with Gasteiger partial charge in [-0.1, -0.05) is 24.4 Å². The van der Waals surface area contributed by atoms with Crippen LogP contribution in [0.5, 0.6) is 0 Å². The Kier molecular flexibility index (Phi) is 5.09. The average molecular weight is 353 g/mol. The third-order valence-electron chi connectivity index (χ3n) is 2.89. The largest absolute Gasteiger partial charge is 0.389 e. The molecule has 0 aliphatic rings. The van der Waals surface area contributed by atoms with Gasteiger partial charge in [-0.25, -0.2) is 4.39 Å². The van der Waals surface area contributed by atoms with Gasteiger partial charge in [0, 0.05) is 22.3 Å². The van der Waals surface area contributed by atoms with Crippen molar-refractivity contribution in [2.24, 2.45) is 5.73 Å². The van der Waals surface area contributed by atoms with Crippen molar-refractivity contribution in [3.8, 4) is 0 Å². The van der Waals surface area contributed by atoms with Crippen LogP contribution in [-0.2, 0) is 6.42 Å². The van der Waals surface area contributed by atoms with E-state index in [4.69, 9.17) is 18.0 Å². The predicted molar refractivity (Wildman–Crippen MR) is 88.6 cm³/mol. The Hall–Kier alpha value is -1.46. The SMILES string of the molecule is NC(=S)c1ccc(NCCc2ccc(F)cc2)cc1Br. The van der Waals surface area contributed by atoms with Gasteiger partial charge in [0.2, 0.25) is 0 Å². The molecule has 2 nitrogen and oxygen atoms in total. The Morgan fingerprint density at radius 3 is 2.50 bits per heavy atom. The standard InChI is InChI=1S/C15H14BrFN2S/c16-14-9-12(5-6-13(14)15(18)20)19-8-7-10-1-3-11(17)4-2-10/h1-6,9,19H,7-8H2,(H2,18,20). The highest BCUT2D eigenvalue weighted by Crippen LogP contribution is 2.21. The molecule has 3 N–H and O–H groups in total. The summed E-state index contributed by atoms with van der Waals surface area (Å²) in [7, 11) is 0. The summed E-state index contributed by atoms with van der Waals surface area (Å²) in [4.78, 5) is 0.370. The number of halogens is 2. The molecule has 0 aliphatic carbocycles. The van der Waals surface area contributed by atoms with Crippen molar-refractivity contribution in [3.05, 3.63) is 63.9 Å². The van der Waals surface area contributed by atoms with Crippen molar-refractivity contribution >= 4 is 38.8 Å². The van der Waals surface area contributed by atoms with Crippen LogP contribution in [0.2, 0.25) is 0 Å². The summed E-state index contributed by atoms with van der Waals surface area (Å²) in [6.45, 7) is 0.768. The summed E-state index contributed by atoms with van der Waals surface area (Å²) in [6, 6.07) is 12.3. The van der Waals surface area contributed by atoms with Crippen molar-refractivity contribution in [1.29, 1.82) is 0 Å². The Bertz CT molecular complexity index is 614. The maximum Gasteiger partial charge on any atom is 0.123 e. The lowest BCUT2D eigenvalue weighted by atomic mass is 10.1. The second kappa shape index (κ2) is 6.81. The molecule has 0 bridgehead atoms. The number of nitrogens with one attached hydrogen (secondary N) is 1. The first-order valence-corrected chi connectivity index (χ1v) is 7.34. The third-order valence-corrected chi connectivity index (χ3v) is 3.77. The first-order chi connectivity index (χ1) is 9.56. The van der Waals surface area contributed by atoms with E-state index in [0.717, 1.165) is 34.3 Å². The monoisotopic (exact) mass is 352 g/mol. The molecule has 0 radical (unpaired) electrons. The Balaban J connectivity index is 1.92. The molecule has 0 unspecified atom stereocenters. The Morgan fingerprint density at radius 1 is 1.20 bits per heavy atom. The summed E-state index contributed by atoms with van der Waals surface area (Å²) < 4.78 is 13.7. The van der Waals surface area contributed by atoms with Crippen molar-refractivity contribution < 1.29 is 4.39 Å². The Morgan fingerprint density at radius 2 is 1.90 bits per heavy atom. The van der Waals surface area contributed by atoms with Crippen LogP contribution in [0.1, 0.15) is 11.1 Å². The molecule has 20 heavy (non-hydrogen) atoms. The second-order valence-corrected chi connectivity index (χ2v) is 5.66. The molecular weight excluding hydrogens is 339 g/mol. The number of anilines is 1. The minimum atomic E-state index is -0.209. The molecule has 2 aromatic carbocycles. The highest BCUT2D eigenvalue weighted by molar-refractivity contribution is 9.10. The van der Waals surface area contributed by atoms with Gasteiger partial charge in [0.05, 0.1) is 0 Å². The fourth-order valence-corrected chi connectivity index (χ4v) is 2.73. The van der Waals surface area contributed by atoms with Crippen LogP contribution in [0.4, 0.5) is 10.1 Å². The topological polar surface area (TPSA) is 38.0 Å². The number of hydrogen-bond acceptors (Lipinski definition) is 2. The third kappa shape index (κ3) is 4.02. The van der Waals surface area contributed by atoms with Gasteiger partial charge in [0.1, 0.15) is 10.8 Å². The van der Waals surface area contributed by atoms with Crippen LogP contribution in [0.15, 0.2) is 46.9 Å². The molecule has 0 aliphatic heterocycles. The van der Waals surface area contributed by atoms with Gasteiger partial charge in [-0.2, -0.15) is 0 Å². The summed E-state index contributed by atoms with van der Waals surface area (Å²) in [6.07, 6.45) is 0.828. The zero-order chi connectivity index (χ0) is 14.5. The molecule has 0 heterocycles. The van der Waals surface area contributed by atoms with Gasteiger partial charge in [0.25, 0.3) is 0 Å². The van der Waals surface area contributed by atoms with Gasteiger partial charge in [-0.05, 0) is 58.2 Å². The lowest BCUT2D eigenvalue weighted by Crippen LogP contribution is -2.11. The molecule has 0 saturated carbocycles. The van der Waals surface area contributed by atoms with Gasteiger partial charge in [-0.3, -0.25) is 0 Å². The number of nitrogens with two attached hydrogens (primary N) is 1. The number of rotatable bonds is 5. The first kappa shape index (κ1) is 14.9. The molecule has 0 fully saturated rings.